The van der Waals surface area contributed by atoms with E-state index in [-0.39, 0.29) is 185 Å². The smallest absolute Gasteiger partial charge is 0.317 e. The third kappa shape index (κ3) is 35.9. The van der Waals surface area contributed by atoms with E-state index in [1.54, 1.807) is 92.7 Å². The number of benzene rings is 5. The van der Waals surface area contributed by atoms with Crippen LogP contribution in [-0.4, -0.2) is 386 Å². The van der Waals surface area contributed by atoms with Crippen LogP contribution in [0.3, 0.4) is 0 Å². The zero-order valence-electron chi connectivity index (χ0n) is 84.5. The molecule has 0 radical (unpaired) electrons. The van der Waals surface area contributed by atoms with Crippen LogP contribution in [0.15, 0.2) is 134 Å². The van der Waals surface area contributed by atoms with Gasteiger partial charge in [-0.05, 0) is 159 Å². The third-order valence-electron chi connectivity index (χ3n) is 27.0. The molecule has 10 rings (SSSR count). The van der Waals surface area contributed by atoms with Crippen molar-refractivity contribution >= 4 is 128 Å². The van der Waals surface area contributed by atoms with Crippen LogP contribution in [0.2, 0.25) is 0 Å². The number of nitrogens with zero attached hydrogens (tertiary/aromatic N) is 8. The Bertz CT molecular complexity index is 5800. The number of rotatable bonds is 37. The van der Waals surface area contributed by atoms with Gasteiger partial charge in [-0.15, -0.1) is 0 Å². The number of unbranched alkanes of at least 4 members (excludes halogenated alkanes) is 2. The molecule has 5 aromatic carbocycles. The average Bonchev–Trinajstić information content (AvgIpc) is 1.76. The van der Waals surface area contributed by atoms with E-state index < -0.39 is 218 Å². The van der Waals surface area contributed by atoms with Gasteiger partial charge in [0.25, 0.3) is 0 Å². The molecule has 3 fully saturated rings. The highest BCUT2D eigenvalue weighted by atomic mass is 19.1. The number of H-pyrrole nitrogens is 2. The van der Waals surface area contributed by atoms with Crippen molar-refractivity contribution in [1.29, 1.82) is 0 Å². The number of aromatic hydroxyl groups is 2. The Kier molecular flexibility index (Phi) is 44.2. The molecule has 45 nitrogen and oxygen atoms in total. The number of aliphatic carboxylic acids is 3. The molecule has 4 heterocycles. The second-order valence-corrected chi connectivity index (χ2v) is 38.2. The van der Waals surface area contributed by atoms with Gasteiger partial charge in [-0.3, -0.25) is 106 Å². The first-order valence-electron chi connectivity index (χ1n) is 49.9. The minimum absolute atomic E-state index is 0.0112. The van der Waals surface area contributed by atoms with Crippen LogP contribution in [0.1, 0.15) is 119 Å². The lowest BCUT2D eigenvalue weighted by molar-refractivity contribution is -0.150. The quantitative estimate of drug-likeness (QED) is 0.0209. The molecular weight excluding hydrogens is 1930 g/mol. The van der Waals surface area contributed by atoms with Gasteiger partial charge in [-0.2, -0.15) is 0 Å². The maximum absolute atomic E-state index is 16.1. The number of carbonyl (C=O) groups is 18. The van der Waals surface area contributed by atoms with Gasteiger partial charge in [0.15, 0.2) is 0 Å². The molecular formula is C103H138FN21O24. The third-order valence-corrected chi connectivity index (χ3v) is 27.0. The zero-order valence-corrected chi connectivity index (χ0v) is 84.5. The van der Waals surface area contributed by atoms with E-state index in [1.807, 2.05) is 0 Å². The molecule has 11 atom stereocenters. The molecule has 20 N–H and O–H groups in total. The van der Waals surface area contributed by atoms with Crippen molar-refractivity contribution in [3.8, 4) is 11.5 Å². The molecule has 0 bridgehead atoms. The number of halogens is 1. The molecule has 46 heteroatoms. The summed E-state index contributed by atoms with van der Waals surface area (Å²) in [4.78, 5) is 277. The molecule has 2 saturated heterocycles. The minimum atomic E-state index is -1.88. The van der Waals surface area contributed by atoms with Crippen molar-refractivity contribution in [3.05, 3.63) is 167 Å². The number of aryl methyl sites for hydroxylation is 1. The van der Waals surface area contributed by atoms with Crippen LogP contribution in [0.25, 0.3) is 21.8 Å². The fourth-order valence-corrected chi connectivity index (χ4v) is 18.3. The summed E-state index contributed by atoms with van der Waals surface area (Å²) in [5.41, 5.74) is 9.26. The number of amides is 15. The number of primary amides is 1. The number of hydrogen-bond acceptors (Lipinski definition) is 25. The summed E-state index contributed by atoms with van der Waals surface area (Å²) in [6, 6.07) is 12.5. The summed E-state index contributed by atoms with van der Waals surface area (Å²) in [7, 11) is 4.96. The average molecular weight is 2070 g/mol. The Labute approximate surface area is 860 Å². The molecule has 1 saturated carbocycles. The van der Waals surface area contributed by atoms with E-state index >= 15 is 43.2 Å². The number of nitrogens with two attached hydrogens (primary N) is 1. The van der Waals surface area contributed by atoms with Crippen molar-refractivity contribution in [2.24, 2.45) is 11.7 Å². The van der Waals surface area contributed by atoms with Gasteiger partial charge in [0, 0.05) is 180 Å². The van der Waals surface area contributed by atoms with E-state index in [2.05, 4.69) is 63.1 Å². The Hall–Kier alpha value is -15.0. The van der Waals surface area contributed by atoms with E-state index in [4.69, 9.17) is 5.73 Å². The van der Waals surface area contributed by atoms with Gasteiger partial charge in [0.05, 0.1) is 32.8 Å². The van der Waals surface area contributed by atoms with Crippen LogP contribution in [0.5, 0.6) is 11.5 Å². The van der Waals surface area contributed by atoms with Crippen molar-refractivity contribution in [3.63, 3.8) is 0 Å². The van der Waals surface area contributed by atoms with Gasteiger partial charge in [0.1, 0.15) is 83.8 Å². The fourth-order valence-electron chi connectivity index (χ4n) is 18.3. The summed E-state index contributed by atoms with van der Waals surface area (Å²) in [5, 5.41) is 89.9. The summed E-state index contributed by atoms with van der Waals surface area (Å²) in [6.07, 6.45) is 1.52. The first-order chi connectivity index (χ1) is 71.1. The lowest BCUT2D eigenvalue weighted by Crippen LogP contribution is -2.63. The van der Waals surface area contributed by atoms with Gasteiger partial charge < -0.3 is 119 Å². The number of aromatic nitrogens is 2. The molecule has 7 aromatic rings. The first-order valence-corrected chi connectivity index (χ1v) is 49.9. The van der Waals surface area contributed by atoms with Crippen molar-refractivity contribution < 1.29 is 121 Å². The molecule has 2 aromatic heterocycles. The normalized spacial score (nSPS) is 21.0. The van der Waals surface area contributed by atoms with Gasteiger partial charge in [-0.1, -0.05) is 72.8 Å². The molecule has 3 aliphatic rings. The lowest BCUT2D eigenvalue weighted by Gasteiger charge is -2.36. The number of aliphatic hydroxyl groups excluding tert-OH is 1. The maximum atomic E-state index is 16.1. The fraction of sp³-hybridized carbons (Fsp3) is 0.495. The zero-order chi connectivity index (χ0) is 108. The van der Waals surface area contributed by atoms with Gasteiger partial charge in [-0.25, -0.2) is 4.39 Å². The molecule has 15 amide bonds. The number of aliphatic hydroxyl groups is 1. The standard InChI is InChI=1S/C103H138FN21O24/c1-62(127)106-39-15-13-23-83-98(144)115-80(52-69-55-109-76-37-36-72(130)53-74(69)76)96(142)114-81(51-68-54-108-75-20-11-10-19-73(68)75)97(143)117-92(67-30-31-67)103(149)121(6)86(56-110-87(131)24-16-22-78(111-63(2)128)94(140)113-79(49-65-27-34-71(129)35-28-65)95(141)116-82(61-126)100(146)119(4)84(101(147)118(83)3)38-29-64-17-8-7-9-18-64)102(148)120(5)85(50-66-25-32-70(104)33-26-66)99(145)112-77(93(105)139)21-12-14-40-107-88(132)57-122-41-43-123(58-89(133)134)45-47-125(60-91(137)138)48-46-124(44-42-122)59-90(135)136/h7-11,17-20,25-28,32-37,53-55,67,77-86,92,108-109,126,129-130H,12-16,21-24,29-31,38-52,56-61H2,1-6H3,(H2,105,139)(H,106,127)(H,107,132)(H,110,131)(H,111,128)(H,112,145)(H,113,140)(H,114,142)(H,115,144)(H,116,141)(H,117,143)(H,133,134)(H,135,136)(H,137,138)/t77-,78-,79-,80-,81-,82-,83-,84-,85-,86-,92-/m0/s1. The Balaban J connectivity index is 0.998. The topological polar surface area (TPSA) is 632 Å². The molecule has 1 aliphatic carbocycles. The van der Waals surface area contributed by atoms with Crippen molar-refractivity contribution in [2.45, 2.75) is 189 Å². The van der Waals surface area contributed by atoms with Crippen LogP contribution < -0.4 is 58.9 Å². The number of carboxylic acids is 3. The van der Waals surface area contributed by atoms with E-state index in [0.29, 0.717) is 56.9 Å². The Morgan fingerprint density at radius 3 is 1.60 bits per heavy atom. The predicted octanol–water partition coefficient (Wildman–Crippen LogP) is -0.920. The number of fused-ring (bicyclic) bond motifs is 2. The second-order valence-electron chi connectivity index (χ2n) is 38.2. The number of carboxylic acid groups (broad SMARTS) is 3. The molecule has 806 valence electrons. The maximum Gasteiger partial charge on any atom is 0.317 e. The summed E-state index contributed by atoms with van der Waals surface area (Å²) < 4.78 is 14.8. The number of phenolic OH excluding ortho intramolecular Hbond substituents is 2. The number of phenols is 2. The van der Waals surface area contributed by atoms with Gasteiger partial charge in [0.2, 0.25) is 88.6 Å². The molecule has 0 spiro atoms. The number of nitrogens with one attached hydrogen (secondary N) is 12. The SMILES string of the molecule is CC(=O)NCCCC[C@H]1C(=O)N[C@@H](Cc2c[nH]c3ccc(O)cc23)C(=O)N[C@@H](Cc2c[nH]c3ccccc23)C(=O)N[C@@H](C2CC2)C(=O)N(C)[C@H](C(=O)N(C)[C@@H](Cc2ccc(F)cc2)C(=O)N[C@@H](CCCCNC(=O)CN2CCN(CC(=O)O)CCN(CC(=O)O)CCN(CC(=O)O)CC2)C(N)=O)CNC(=O)CCC[C@H](NC(C)=O)C(=O)N[C@@H](Cc2ccc(O)cc2)C(=O)N[C@@H](CO)C(=O)N(C)[C@@H](CCc2ccccc2)C(=O)N1C. The Morgan fingerprint density at radius 1 is 0.510 bits per heavy atom. The Morgan fingerprint density at radius 2 is 1.03 bits per heavy atom. The summed E-state index contributed by atoms with van der Waals surface area (Å²) in [5.74, 6) is -18.5. The van der Waals surface area contributed by atoms with Gasteiger partial charge >= 0.3 is 17.9 Å². The largest absolute Gasteiger partial charge is 0.508 e. The van der Waals surface area contributed by atoms with Crippen LogP contribution in [0, 0.1) is 11.7 Å². The highest BCUT2D eigenvalue weighted by molar-refractivity contribution is 6.01. The highest BCUT2D eigenvalue weighted by Gasteiger charge is 2.46. The second kappa shape index (κ2) is 56.8. The number of carbonyl (C=O) groups excluding carboxylic acids is 15. The summed E-state index contributed by atoms with van der Waals surface area (Å²) >= 11 is 0. The van der Waals surface area contributed by atoms with E-state index in [9.17, 15) is 78.2 Å². The minimum Gasteiger partial charge on any atom is -0.508 e. The van der Waals surface area contributed by atoms with Crippen molar-refractivity contribution in [1.82, 2.24) is 102 Å². The number of aromatic amines is 2. The summed E-state index contributed by atoms with van der Waals surface area (Å²) in [6.45, 7) is 0.453. The number of para-hydroxylation sites is 1. The predicted molar refractivity (Wildman–Crippen MR) is 542 cm³/mol. The van der Waals surface area contributed by atoms with Crippen molar-refractivity contribution in [2.75, 3.05) is 133 Å². The highest BCUT2D eigenvalue weighted by Crippen LogP contribution is 2.35. The number of hydrogen-bond donors (Lipinski definition) is 19. The van der Waals surface area contributed by atoms with Crippen LogP contribution in [0.4, 0.5) is 4.39 Å². The molecule has 0 unspecified atom stereocenters. The first kappa shape index (κ1) is 116. The number of likely N-dealkylation sites (N-methyl/N-ethyl adjacent to an activating group) is 4. The monoisotopic (exact) mass is 2070 g/mol. The van der Waals surface area contributed by atoms with Crippen LogP contribution >= 0.6 is 0 Å². The van der Waals surface area contributed by atoms with E-state index in [0.717, 1.165) is 38.7 Å². The van der Waals surface area contributed by atoms with E-state index in [1.165, 1.54) is 83.6 Å². The molecule has 149 heavy (non-hydrogen) atoms. The lowest BCUT2D eigenvalue weighted by atomic mass is 9.99. The van der Waals surface area contributed by atoms with Crippen LogP contribution in [-0.2, 0) is 118 Å². The molecule has 2 aliphatic heterocycles.